The summed E-state index contributed by atoms with van der Waals surface area (Å²) in [6, 6.07) is 7.08. The predicted octanol–water partition coefficient (Wildman–Crippen LogP) is 2.96. The van der Waals surface area contributed by atoms with Crippen molar-refractivity contribution in [3.05, 3.63) is 36.1 Å². The monoisotopic (exact) mass is 246 g/mol. The van der Waals surface area contributed by atoms with Crippen LogP contribution in [-0.2, 0) is 9.53 Å². The molecule has 0 saturated carbocycles. The molecule has 2 rings (SSSR count). The highest BCUT2D eigenvalue weighted by Gasteiger charge is 2.22. The number of fused-ring (bicyclic) bond motifs is 1. The van der Waals surface area contributed by atoms with E-state index < -0.39 is 11.8 Å². The van der Waals surface area contributed by atoms with Gasteiger partial charge in [-0.25, -0.2) is 4.79 Å². The van der Waals surface area contributed by atoms with Crippen molar-refractivity contribution in [2.24, 2.45) is 0 Å². The lowest BCUT2D eigenvalue weighted by molar-refractivity contribution is -0.138. The van der Waals surface area contributed by atoms with E-state index >= 15 is 0 Å². The number of Topliss-reactive ketones (excluding diaryl/α,β-unsaturated/α-hetero) is 1. The summed E-state index contributed by atoms with van der Waals surface area (Å²) >= 11 is 0. The van der Waals surface area contributed by atoms with Crippen LogP contribution >= 0.6 is 0 Å². The largest absolute Gasteiger partial charge is 0.464 e. The van der Waals surface area contributed by atoms with Gasteiger partial charge < -0.3 is 9.15 Å². The summed E-state index contributed by atoms with van der Waals surface area (Å²) in [6.07, 6.45) is 2.97. The Bertz CT molecular complexity index is 568. The van der Waals surface area contributed by atoms with E-state index in [2.05, 4.69) is 0 Å². The molecule has 0 aliphatic carbocycles. The number of hydrogen-bond donors (Lipinski definition) is 0. The van der Waals surface area contributed by atoms with Gasteiger partial charge in [0.15, 0.2) is 0 Å². The average Bonchev–Trinajstić information content (AvgIpc) is 2.82. The minimum atomic E-state index is -0.824. The lowest BCUT2D eigenvalue weighted by Gasteiger charge is -2.01. The van der Waals surface area contributed by atoms with Crippen molar-refractivity contribution in [2.75, 3.05) is 6.61 Å². The van der Waals surface area contributed by atoms with Gasteiger partial charge in [0.1, 0.15) is 11.8 Å². The van der Waals surface area contributed by atoms with Crippen molar-refractivity contribution in [1.29, 1.82) is 0 Å². The molecule has 0 radical (unpaired) electrons. The van der Waals surface area contributed by atoms with Crippen LogP contribution in [0.1, 0.15) is 30.1 Å². The number of esters is 1. The van der Waals surface area contributed by atoms with E-state index in [0.29, 0.717) is 11.0 Å². The average molecular weight is 246 g/mol. The molecule has 1 aromatic heterocycles. The Labute approximate surface area is 105 Å². The summed E-state index contributed by atoms with van der Waals surface area (Å²) in [5.41, 5.74) is 0.842. The number of rotatable bonds is 5. The van der Waals surface area contributed by atoms with E-state index in [9.17, 15) is 9.59 Å². The van der Waals surface area contributed by atoms with Gasteiger partial charge in [-0.05, 0) is 12.5 Å². The van der Waals surface area contributed by atoms with Crippen LogP contribution in [0.25, 0.3) is 11.0 Å². The van der Waals surface area contributed by atoms with Crippen molar-refractivity contribution in [1.82, 2.24) is 0 Å². The SMILES string of the molecule is CCCCOC(=O)C(=O)c1coc2ccccc12. The second-order valence-electron chi connectivity index (χ2n) is 3.96. The zero-order valence-corrected chi connectivity index (χ0v) is 10.1. The van der Waals surface area contributed by atoms with E-state index in [-0.39, 0.29) is 12.2 Å². The van der Waals surface area contributed by atoms with E-state index in [1.807, 2.05) is 6.92 Å². The molecule has 4 nitrogen and oxygen atoms in total. The molecule has 0 aliphatic rings. The topological polar surface area (TPSA) is 56.5 Å². The van der Waals surface area contributed by atoms with Gasteiger partial charge in [0, 0.05) is 5.39 Å². The Hall–Kier alpha value is -2.10. The van der Waals surface area contributed by atoms with Gasteiger partial charge in [-0.15, -0.1) is 0 Å². The Morgan fingerprint density at radius 1 is 1.28 bits per heavy atom. The minimum Gasteiger partial charge on any atom is -0.464 e. The summed E-state index contributed by atoms with van der Waals surface area (Å²) in [5.74, 6) is -1.48. The summed E-state index contributed by atoms with van der Waals surface area (Å²) in [7, 11) is 0. The molecule has 94 valence electrons. The summed E-state index contributed by atoms with van der Waals surface area (Å²) in [5, 5.41) is 0.634. The van der Waals surface area contributed by atoms with Crippen LogP contribution in [0, 0.1) is 0 Å². The molecule has 0 bridgehead atoms. The number of furan rings is 1. The molecule has 0 spiro atoms. The van der Waals surface area contributed by atoms with Crippen molar-refractivity contribution in [2.45, 2.75) is 19.8 Å². The number of para-hydroxylation sites is 1. The van der Waals surface area contributed by atoms with Gasteiger partial charge in [0.2, 0.25) is 0 Å². The normalized spacial score (nSPS) is 10.5. The molecule has 0 amide bonds. The molecule has 0 fully saturated rings. The third-order valence-corrected chi connectivity index (χ3v) is 2.64. The first-order valence-electron chi connectivity index (χ1n) is 5.91. The quantitative estimate of drug-likeness (QED) is 0.352. The predicted molar refractivity (Wildman–Crippen MR) is 66.4 cm³/mol. The molecule has 2 aromatic rings. The maximum Gasteiger partial charge on any atom is 0.379 e. The number of carbonyl (C=O) groups is 2. The van der Waals surface area contributed by atoms with Gasteiger partial charge in [0.25, 0.3) is 5.78 Å². The summed E-state index contributed by atoms with van der Waals surface area (Å²) < 4.78 is 10.1. The Kier molecular flexibility index (Phi) is 3.77. The maximum atomic E-state index is 11.9. The highest BCUT2D eigenvalue weighted by molar-refractivity contribution is 6.42. The Morgan fingerprint density at radius 3 is 2.83 bits per heavy atom. The molecule has 1 aromatic carbocycles. The van der Waals surface area contributed by atoms with Crippen LogP contribution in [0.15, 0.2) is 34.9 Å². The molecular formula is C14H14O4. The summed E-state index contributed by atoms with van der Waals surface area (Å²) in [6.45, 7) is 2.26. The number of carbonyl (C=O) groups excluding carboxylic acids is 2. The third-order valence-electron chi connectivity index (χ3n) is 2.64. The molecular weight excluding hydrogens is 232 g/mol. The van der Waals surface area contributed by atoms with Crippen molar-refractivity contribution in [3.8, 4) is 0 Å². The van der Waals surface area contributed by atoms with Crippen LogP contribution in [0.2, 0.25) is 0 Å². The van der Waals surface area contributed by atoms with Crippen molar-refractivity contribution in [3.63, 3.8) is 0 Å². The number of hydrogen-bond acceptors (Lipinski definition) is 4. The second-order valence-corrected chi connectivity index (χ2v) is 3.96. The minimum absolute atomic E-state index is 0.257. The van der Waals surface area contributed by atoms with E-state index in [1.165, 1.54) is 6.26 Å². The second kappa shape index (κ2) is 5.49. The highest BCUT2D eigenvalue weighted by atomic mass is 16.5. The fourth-order valence-corrected chi connectivity index (χ4v) is 1.64. The van der Waals surface area contributed by atoms with Crippen LogP contribution in [-0.4, -0.2) is 18.4 Å². The van der Waals surface area contributed by atoms with Gasteiger partial charge in [-0.1, -0.05) is 31.5 Å². The lowest BCUT2D eigenvalue weighted by atomic mass is 10.1. The molecule has 4 heteroatoms. The standard InChI is InChI=1S/C14H14O4/c1-2-3-8-17-14(16)13(15)11-9-18-12-7-5-4-6-10(11)12/h4-7,9H,2-3,8H2,1H3. The molecule has 0 N–H and O–H groups in total. The number of benzene rings is 1. The summed E-state index contributed by atoms with van der Waals surface area (Å²) in [4.78, 5) is 23.4. The smallest absolute Gasteiger partial charge is 0.379 e. The van der Waals surface area contributed by atoms with Gasteiger partial charge in [-0.2, -0.15) is 0 Å². The van der Waals surface area contributed by atoms with Crippen LogP contribution in [0.4, 0.5) is 0 Å². The zero-order chi connectivity index (χ0) is 13.0. The number of ketones is 1. The molecule has 18 heavy (non-hydrogen) atoms. The van der Waals surface area contributed by atoms with Gasteiger partial charge in [0.05, 0.1) is 12.2 Å². The number of unbranched alkanes of at least 4 members (excludes halogenated alkanes) is 1. The van der Waals surface area contributed by atoms with E-state index in [1.54, 1.807) is 24.3 Å². The first-order chi connectivity index (χ1) is 8.74. The zero-order valence-electron chi connectivity index (χ0n) is 10.1. The van der Waals surface area contributed by atoms with Crippen LogP contribution in [0.3, 0.4) is 0 Å². The van der Waals surface area contributed by atoms with Gasteiger partial charge in [-0.3, -0.25) is 4.79 Å². The molecule has 0 atom stereocenters. The van der Waals surface area contributed by atoms with Crippen molar-refractivity contribution >= 4 is 22.7 Å². The fraction of sp³-hybridized carbons (Fsp3) is 0.286. The first-order valence-corrected chi connectivity index (χ1v) is 5.91. The van der Waals surface area contributed by atoms with E-state index in [4.69, 9.17) is 9.15 Å². The molecule has 0 unspecified atom stereocenters. The van der Waals surface area contributed by atoms with Crippen LogP contribution < -0.4 is 0 Å². The number of ether oxygens (including phenoxy) is 1. The highest BCUT2D eigenvalue weighted by Crippen LogP contribution is 2.21. The molecule has 0 saturated heterocycles. The van der Waals surface area contributed by atoms with Gasteiger partial charge >= 0.3 is 5.97 Å². The third kappa shape index (κ3) is 2.42. The first kappa shape index (κ1) is 12.4. The molecule has 0 aliphatic heterocycles. The fourth-order valence-electron chi connectivity index (χ4n) is 1.64. The molecule has 1 heterocycles. The Balaban J connectivity index is 2.16. The van der Waals surface area contributed by atoms with E-state index in [0.717, 1.165) is 12.8 Å². The van der Waals surface area contributed by atoms with Crippen molar-refractivity contribution < 1.29 is 18.7 Å². The van der Waals surface area contributed by atoms with Crippen LogP contribution in [0.5, 0.6) is 0 Å². The lowest BCUT2D eigenvalue weighted by Crippen LogP contribution is -2.17. The maximum absolute atomic E-state index is 11.9. The Morgan fingerprint density at radius 2 is 2.06 bits per heavy atom.